The summed E-state index contributed by atoms with van der Waals surface area (Å²) in [6.45, 7) is 11.1. The van der Waals surface area contributed by atoms with Crippen molar-refractivity contribution in [1.29, 1.82) is 0 Å². The number of hydrogen-bond donors (Lipinski definition) is 0. The molecule has 0 atom stereocenters. The molecule has 3 aromatic heterocycles. The maximum Gasteiger partial charge on any atom is 0.0705 e. The van der Waals surface area contributed by atoms with Gasteiger partial charge in [0, 0.05) is 46.4 Å². The molecule has 0 fully saturated rings. The average Bonchev–Trinajstić information content (AvgIpc) is 2.42. The van der Waals surface area contributed by atoms with Gasteiger partial charge in [0.2, 0.25) is 0 Å². The van der Waals surface area contributed by atoms with E-state index in [-0.39, 0.29) is 5.41 Å². The van der Waals surface area contributed by atoms with E-state index >= 15 is 0 Å². The van der Waals surface area contributed by atoms with Crippen molar-refractivity contribution >= 4 is 0 Å². The Bertz CT molecular complexity index is 4300. The monoisotopic (exact) mass is 1080 g/mol. The minimum absolute atomic E-state index is 0.0103. The number of rotatable bonds is 12. The van der Waals surface area contributed by atoms with Crippen LogP contribution < -0.4 is 0 Å². The summed E-state index contributed by atoms with van der Waals surface area (Å²) in [5, 5.41) is 0. The Morgan fingerprint density at radius 3 is 0.964 bits per heavy atom. The number of hydrogen-bond acceptors (Lipinski definition) is 3. The van der Waals surface area contributed by atoms with E-state index < -0.39 is 0 Å². The minimum atomic E-state index is -0.0103. The molecule has 3 heterocycles. The fourth-order valence-corrected chi connectivity index (χ4v) is 11.8. The van der Waals surface area contributed by atoms with Crippen LogP contribution in [-0.2, 0) is 5.41 Å². The van der Waals surface area contributed by atoms with Crippen molar-refractivity contribution in [2.45, 2.75) is 40.0 Å². The lowest BCUT2D eigenvalue weighted by molar-refractivity contribution is 0.589. The summed E-state index contributed by atoms with van der Waals surface area (Å²) in [4.78, 5) is 14.9. The van der Waals surface area contributed by atoms with Crippen molar-refractivity contribution < 1.29 is 0 Å². The van der Waals surface area contributed by atoms with Crippen molar-refractivity contribution in [3.63, 3.8) is 0 Å². The van der Waals surface area contributed by atoms with Gasteiger partial charge in [0.1, 0.15) is 0 Å². The summed E-state index contributed by atoms with van der Waals surface area (Å²) < 4.78 is 0. The second-order valence-electron chi connectivity index (χ2n) is 22.9. The molecule has 0 aliphatic heterocycles. The second-order valence-corrected chi connectivity index (χ2v) is 22.9. The third-order valence-electron chi connectivity index (χ3n) is 16.3. The summed E-state index contributed by atoms with van der Waals surface area (Å²) in [6.07, 6.45) is 5.96. The summed E-state index contributed by atoms with van der Waals surface area (Å²) in [5.41, 5.74) is 30.4. The molecular weight excluding hydrogens is 1010 g/mol. The highest BCUT2D eigenvalue weighted by Gasteiger charge is 2.21. The van der Waals surface area contributed by atoms with Gasteiger partial charge in [0.15, 0.2) is 0 Å². The first-order valence-electron chi connectivity index (χ1n) is 29.0. The minimum Gasteiger partial charge on any atom is -0.256 e. The fraction of sp³-hybridized carbons (Fsp3) is 0.0741. The maximum absolute atomic E-state index is 4.97. The maximum atomic E-state index is 4.97. The molecule has 13 rings (SSSR count). The molecule has 13 aromatic rings. The Hall–Kier alpha value is -10.4. The van der Waals surface area contributed by atoms with Gasteiger partial charge in [-0.15, -0.1) is 0 Å². The van der Waals surface area contributed by atoms with E-state index in [1.54, 1.807) is 0 Å². The number of nitrogens with zero attached hydrogens (tertiary/aromatic N) is 3. The molecule has 3 heteroatoms. The molecule has 0 spiro atoms. The summed E-state index contributed by atoms with van der Waals surface area (Å²) >= 11 is 0. The molecule has 0 amide bonds. The van der Waals surface area contributed by atoms with Crippen LogP contribution in [0.5, 0.6) is 0 Å². The highest BCUT2D eigenvalue weighted by Crippen LogP contribution is 2.45. The zero-order chi connectivity index (χ0) is 57.2. The topological polar surface area (TPSA) is 38.7 Å². The molecular formula is C81H63N3. The van der Waals surface area contributed by atoms with E-state index in [0.717, 1.165) is 123 Å². The van der Waals surface area contributed by atoms with Gasteiger partial charge in [-0.05, 0) is 173 Å². The van der Waals surface area contributed by atoms with Crippen LogP contribution in [0.15, 0.2) is 292 Å². The molecule has 402 valence electrons. The second kappa shape index (κ2) is 22.9. The molecule has 84 heavy (non-hydrogen) atoms. The molecule has 0 bridgehead atoms. The van der Waals surface area contributed by atoms with E-state index in [0.29, 0.717) is 0 Å². The molecule has 10 aromatic carbocycles. The number of aromatic nitrogens is 3. The van der Waals surface area contributed by atoms with E-state index in [1.165, 1.54) is 27.8 Å². The molecule has 0 radical (unpaired) electrons. The molecule has 0 N–H and O–H groups in total. The van der Waals surface area contributed by atoms with Crippen molar-refractivity contribution in [2.75, 3.05) is 0 Å². The SMILES string of the molecule is Cc1cc(-c2ccc(-c3ccccc3-c3cc(-c4ccccc4-c4ccc(-c5cc(C)c(-c6ccccc6)cn5)cc4)cc(-c4ccccc4-c4ccc(-c5cc(C(C)(C)C)ccn5)cc4-c4ccccc4)c3)cc2)ncc1-c1ccccc1. The fourth-order valence-electron chi connectivity index (χ4n) is 11.8. The molecule has 0 saturated heterocycles. The molecule has 0 aliphatic carbocycles. The quantitative estimate of drug-likeness (QED) is 0.122. The lowest BCUT2D eigenvalue weighted by Gasteiger charge is -2.20. The normalized spacial score (nSPS) is 11.4. The Labute approximate surface area is 494 Å². The predicted octanol–water partition coefficient (Wildman–Crippen LogP) is 21.8. The third-order valence-corrected chi connectivity index (χ3v) is 16.3. The average molecular weight is 1080 g/mol. The predicted molar refractivity (Wildman–Crippen MR) is 353 cm³/mol. The van der Waals surface area contributed by atoms with Crippen LogP contribution in [0.4, 0.5) is 0 Å². The van der Waals surface area contributed by atoms with Gasteiger partial charge in [-0.25, -0.2) is 0 Å². The lowest BCUT2D eigenvalue weighted by Crippen LogP contribution is -2.11. The largest absolute Gasteiger partial charge is 0.256 e. The van der Waals surface area contributed by atoms with Crippen molar-refractivity contribution in [3.05, 3.63) is 308 Å². The van der Waals surface area contributed by atoms with Gasteiger partial charge in [-0.3, -0.25) is 15.0 Å². The Balaban J connectivity index is 0.936. The van der Waals surface area contributed by atoms with Crippen molar-refractivity contribution in [2.24, 2.45) is 0 Å². The first-order valence-corrected chi connectivity index (χ1v) is 29.0. The van der Waals surface area contributed by atoms with Gasteiger partial charge in [-0.2, -0.15) is 0 Å². The summed E-state index contributed by atoms with van der Waals surface area (Å²) in [6, 6.07) is 99.0. The van der Waals surface area contributed by atoms with Gasteiger partial charge in [0.25, 0.3) is 0 Å². The third kappa shape index (κ3) is 10.8. The Morgan fingerprint density at radius 1 is 0.226 bits per heavy atom. The van der Waals surface area contributed by atoms with Gasteiger partial charge >= 0.3 is 0 Å². The van der Waals surface area contributed by atoms with Gasteiger partial charge in [-0.1, -0.05) is 245 Å². The van der Waals surface area contributed by atoms with E-state index in [1.807, 2.05) is 18.6 Å². The van der Waals surface area contributed by atoms with Crippen molar-refractivity contribution in [1.82, 2.24) is 15.0 Å². The van der Waals surface area contributed by atoms with Crippen molar-refractivity contribution in [3.8, 4) is 134 Å². The van der Waals surface area contributed by atoms with Crippen LogP contribution in [0.2, 0.25) is 0 Å². The number of benzene rings is 10. The van der Waals surface area contributed by atoms with Crippen LogP contribution in [-0.4, -0.2) is 15.0 Å². The zero-order valence-electron chi connectivity index (χ0n) is 48.1. The van der Waals surface area contributed by atoms with Crippen LogP contribution in [0.3, 0.4) is 0 Å². The highest BCUT2D eigenvalue weighted by molar-refractivity contribution is 5.97. The highest BCUT2D eigenvalue weighted by atomic mass is 14.7. The first kappa shape index (κ1) is 53.0. The van der Waals surface area contributed by atoms with Gasteiger partial charge < -0.3 is 0 Å². The Morgan fingerprint density at radius 2 is 0.548 bits per heavy atom. The summed E-state index contributed by atoms with van der Waals surface area (Å²) in [7, 11) is 0. The Kier molecular flexibility index (Phi) is 14.4. The molecule has 3 nitrogen and oxygen atoms in total. The lowest BCUT2D eigenvalue weighted by atomic mass is 9.84. The van der Waals surface area contributed by atoms with Gasteiger partial charge in [0.05, 0.1) is 17.1 Å². The van der Waals surface area contributed by atoms with Crippen LogP contribution in [0.25, 0.3) is 134 Å². The molecule has 0 saturated carbocycles. The van der Waals surface area contributed by atoms with E-state index in [2.05, 4.69) is 308 Å². The standard InChI is InChI=1S/C81H63N3/c1-54-45-78(83-52-76(54)57-23-11-7-12-24-57)61-37-33-59(34-38-61)68-27-15-17-29-70(68)64-47-65(71-30-18-16-28-69(71)60-35-39-62(40-36-60)79-46-55(2)77(53-84-79)58-25-13-8-14-26-58)49-66(48-64)72-31-19-20-32-73(72)74-42-41-63(50-75(74)56-21-9-6-10-22-56)80-51-67(43-44-82-80)81(3,4)5/h6-53H,1-5H3. The van der Waals surface area contributed by atoms with Crippen LogP contribution in [0.1, 0.15) is 37.5 Å². The molecule has 0 unspecified atom stereocenters. The zero-order valence-corrected chi connectivity index (χ0v) is 48.1. The first-order chi connectivity index (χ1) is 41.1. The van der Waals surface area contributed by atoms with Crippen LogP contribution >= 0.6 is 0 Å². The summed E-state index contributed by atoms with van der Waals surface area (Å²) in [5.74, 6) is 0. The number of aryl methyl sites for hydroxylation is 2. The van der Waals surface area contributed by atoms with Crippen LogP contribution in [0, 0.1) is 13.8 Å². The van der Waals surface area contributed by atoms with E-state index in [4.69, 9.17) is 15.0 Å². The number of pyridine rings is 3. The smallest absolute Gasteiger partial charge is 0.0705 e. The molecule has 0 aliphatic rings. The van der Waals surface area contributed by atoms with E-state index in [9.17, 15) is 0 Å².